The number of rotatable bonds is 5. The second-order valence-corrected chi connectivity index (χ2v) is 7.89. The molecule has 2 heterocycles. The molecule has 0 fully saturated rings. The van der Waals surface area contributed by atoms with E-state index in [0.717, 1.165) is 10.1 Å². The van der Waals surface area contributed by atoms with Gasteiger partial charge in [0.1, 0.15) is 5.69 Å². The highest BCUT2D eigenvalue weighted by Crippen LogP contribution is 2.27. The van der Waals surface area contributed by atoms with Gasteiger partial charge in [-0.3, -0.25) is 28.9 Å². The molecule has 8 nitrogen and oxygen atoms in total. The highest BCUT2D eigenvalue weighted by molar-refractivity contribution is 6.35. The van der Waals surface area contributed by atoms with Crippen LogP contribution in [0.3, 0.4) is 0 Å². The third kappa shape index (κ3) is 3.94. The molecule has 3 aromatic rings. The Kier molecular flexibility index (Phi) is 5.94. The number of pyridine rings is 1. The first-order valence-corrected chi connectivity index (χ1v) is 9.88. The Balaban J connectivity index is 2.52. The monoisotopic (exact) mass is 440 g/mol. The van der Waals surface area contributed by atoms with Gasteiger partial charge in [-0.2, -0.15) is 0 Å². The van der Waals surface area contributed by atoms with E-state index in [0.29, 0.717) is 0 Å². The van der Waals surface area contributed by atoms with E-state index in [1.165, 1.54) is 18.3 Å². The summed E-state index contributed by atoms with van der Waals surface area (Å²) in [7, 11) is 0. The van der Waals surface area contributed by atoms with Gasteiger partial charge in [0.05, 0.1) is 22.0 Å². The van der Waals surface area contributed by atoms with Crippen LogP contribution in [0.5, 0.6) is 0 Å². The van der Waals surface area contributed by atoms with Gasteiger partial charge >= 0.3 is 5.69 Å². The fraction of sp³-hybridized carbons (Fsp3) is 0.227. The van der Waals surface area contributed by atoms with Gasteiger partial charge in [-0.1, -0.05) is 31.5 Å². The predicted molar refractivity (Wildman–Crippen MR) is 117 cm³/mol. The lowest BCUT2D eigenvalue weighted by molar-refractivity contribution is 0.0995. The number of nitrogens with two attached hydrogens (primary N) is 1. The second kappa shape index (κ2) is 8.31. The summed E-state index contributed by atoms with van der Waals surface area (Å²) in [5, 5.41) is 0.178. The van der Waals surface area contributed by atoms with Gasteiger partial charge in [0.15, 0.2) is 0 Å². The zero-order valence-corrected chi connectivity index (χ0v) is 18.2. The molecule has 0 unspecified atom stereocenters. The summed E-state index contributed by atoms with van der Waals surface area (Å²) in [6.45, 7) is 6.83. The number of hydrogen-bond donors (Lipinski definition) is 2. The van der Waals surface area contributed by atoms with Crippen molar-refractivity contribution in [2.24, 2.45) is 5.73 Å². The highest BCUT2D eigenvalue weighted by atomic mass is 35.5. The number of ketones is 1. The Labute approximate surface area is 182 Å². The molecule has 31 heavy (non-hydrogen) atoms. The van der Waals surface area contributed by atoms with Crippen LogP contribution in [-0.4, -0.2) is 26.2 Å². The van der Waals surface area contributed by atoms with Gasteiger partial charge in [-0.25, -0.2) is 4.79 Å². The maximum Gasteiger partial charge on any atom is 0.333 e. The van der Waals surface area contributed by atoms with E-state index in [-0.39, 0.29) is 38.8 Å². The van der Waals surface area contributed by atoms with Gasteiger partial charge < -0.3 is 5.73 Å². The first-order valence-electron chi connectivity index (χ1n) is 9.50. The largest absolute Gasteiger partial charge is 0.366 e. The van der Waals surface area contributed by atoms with E-state index < -0.39 is 28.9 Å². The normalized spacial score (nSPS) is 11.0. The molecule has 0 aliphatic heterocycles. The number of aromatic nitrogens is 3. The molecule has 1 aromatic carbocycles. The first kappa shape index (κ1) is 22.2. The Morgan fingerprint density at radius 3 is 2.39 bits per heavy atom. The molecule has 160 valence electrons. The second-order valence-electron chi connectivity index (χ2n) is 7.48. The number of carbonyl (C=O) groups is 2. The fourth-order valence-corrected chi connectivity index (χ4v) is 3.82. The maximum atomic E-state index is 13.7. The lowest BCUT2D eigenvalue weighted by Crippen LogP contribution is -2.38. The lowest BCUT2D eigenvalue weighted by atomic mass is 9.96. The predicted octanol–water partition coefficient (Wildman–Crippen LogP) is 2.64. The average molecular weight is 441 g/mol. The summed E-state index contributed by atoms with van der Waals surface area (Å²) in [6, 6.07) is 6.20. The van der Waals surface area contributed by atoms with Gasteiger partial charge in [-0.15, -0.1) is 0 Å². The molecule has 0 saturated carbocycles. The smallest absolute Gasteiger partial charge is 0.333 e. The summed E-state index contributed by atoms with van der Waals surface area (Å²) in [5.41, 5.74) is 5.10. The number of aryl methyl sites for hydroxylation is 2. The molecular weight excluding hydrogens is 420 g/mol. The van der Waals surface area contributed by atoms with Crippen molar-refractivity contribution < 1.29 is 9.59 Å². The van der Waals surface area contributed by atoms with Gasteiger partial charge in [0, 0.05) is 17.3 Å². The zero-order valence-electron chi connectivity index (χ0n) is 17.4. The summed E-state index contributed by atoms with van der Waals surface area (Å²) in [4.78, 5) is 57.8. The van der Waals surface area contributed by atoms with Crippen molar-refractivity contribution in [2.75, 3.05) is 0 Å². The highest BCUT2D eigenvalue weighted by Gasteiger charge is 2.29. The number of amides is 1. The van der Waals surface area contributed by atoms with Crippen molar-refractivity contribution >= 4 is 23.3 Å². The summed E-state index contributed by atoms with van der Waals surface area (Å²) < 4.78 is 0.998. The van der Waals surface area contributed by atoms with E-state index in [1.54, 1.807) is 32.9 Å². The van der Waals surface area contributed by atoms with Crippen LogP contribution < -0.4 is 17.0 Å². The SMILES string of the molecule is Cc1ccc(C(=O)c2c(C(C)C)c(=O)[nH]c(=O)n2-c2c(C(N)=O)ccnc2C)c(Cl)c1. The standard InChI is InChI=1S/C22H21ClN4O4/c1-10(2)16-18(19(28)13-6-5-11(3)9-15(13)23)27(22(31)26-21(16)30)17-12(4)25-8-7-14(17)20(24)29/h5-10H,1-4H3,(H2,24,29)(H,26,30,31). The van der Waals surface area contributed by atoms with Gasteiger partial charge in [0.2, 0.25) is 5.78 Å². The molecule has 0 radical (unpaired) electrons. The number of halogens is 1. The molecule has 0 spiro atoms. The molecule has 1 amide bonds. The van der Waals surface area contributed by atoms with E-state index in [4.69, 9.17) is 17.3 Å². The molecule has 9 heteroatoms. The van der Waals surface area contributed by atoms with E-state index in [9.17, 15) is 19.2 Å². The van der Waals surface area contributed by atoms with Crippen LogP contribution in [0.2, 0.25) is 5.02 Å². The molecule has 0 bridgehead atoms. The van der Waals surface area contributed by atoms with Crippen LogP contribution in [0.15, 0.2) is 40.1 Å². The number of H-pyrrole nitrogens is 1. The van der Waals surface area contributed by atoms with Crippen molar-refractivity contribution in [3.63, 3.8) is 0 Å². The number of nitrogens with zero attached hydrogens (tertiary/aromatic N) is 2. The number of benzene rings is 1. The quantitative estimate of drug-likeness (QED) is 0.589. The fourth-order valence-electron chi connectivity index (χ4n) is 3.49. The maximum absolute atomic E-state index is 13.7. The molecule has 0 aliphatic carbocycles. The first-order chi connectivity index (χ1) is 14.5. The third-order valence-corrected chi connectivity index (χ3v) is 5.22. The molecule has 0 atom stereocenters. The van der Waals surface area contributed by atoms with Crippen LogP contribution >= 0.6 is 11.6 Å². The summed E-state index contributed by atoms with van der Waals surface area (Å²) in [6.07, 6.45) is 1.37. The van der Waals surface area contributed by atoms with Crippen LogP contribution in [0.1, 0.15) is 63.0 Å². The van der Waals surface area contributed by atoms with Crippen LogP contribution in [0.25, 0.3) is 5.69 Å². The van der Waals surface area contributed by atoms with E-state index >= 15 is 0 Å². The van der Waals surface area contributed by atoms with Crippen LogP contribution in [-0.2, 0) is 0 Å². The topological polar surface area (TPSA) is 128 Å². The number of carbonyl (C=O) groups excluding carboxylic acids is 2. The average Bonchev–Trinajstić information content (AvgIpc) is 2.67. The van der Waals surface area contributed by atoms with Crippen molar-refractivity contribution in [1.29, 1.82) is 0 Å². The van der Waals surface area contributed by atoms with Crippen molar-refractivity contribution in [2.45, 2.75) is 33.6 Å². The number of aromatic amines is 1. The van der Waals surface area contributed by atoms with Gasteiger partial charge in [-0.05, 0) is 43.5 Å². The van der Waals surface area contributed by atoms with Crippen molar-refractivity contribution in [3.8, 4) is 5.69 Å². The van der Waals surface area contributed by atoms with E-state index in [2.05, 4.69) is 9.97 Å². The van der Waals surface area contributed by atoms with E-state index in [1.807, 2.05) is 6.92 Å². The molecular formula is C22H21ClN4O4. The Hall–Kier alpha value is -3.52. The Morgan fingerprint density at radius 2 is 1.81 bits per heavy atom. The van der Waals surface area contributed by atoms with Crippen LogP contribution in [0.4, 0.5) is 0 Å². The lowest BCUT2D eigenvalue weighted by Gasteiger charge is -2.20. The Morgan fingerprint density at radius 1 is 1.13 bits per heavy atom. The number of nitrogens with one attached hydrogen (secondary N) is 1. The van der Waals surface area contributed by atoms with Gasteiger partial charge in [0.25, 0.3) is 11.5 Å². The molecule has 3 rings (SSSR count). The Bertz CT molecular complexity index is 1340. The number of hydrogen-bond acceptors (Lipinski definition) is 5. The summed E-state index contributed by atoms with van der Waals surface area (Å²) in [5.74, 6) is -1.86. The van der Waals surface area contributed by atoms with Crippen LogP contribution in [0, 0.1) is 13.8 Å². The minimum Gasteiger partial charge on any atom is -0.366 e. The zero-order chi connectivity index (χ0) is 23.0. The molecule has 0 aliphatic rings. The molecule has 0 saturated heterocycles. The summed E-state index contributed by atoms with van der Waals surface area (Å²) >= 11 is 6.32. The molecule has 3 N–H and O–H groups in total. The number of primary amides is 1. The molecule has 2 aromatic heterocycles. The third-order valence-electron chi connectivity index (χ3n) is 4.90. The van der Waals surface area contributed by atoms with Crippen molar-refractivity contribution in [3.05, 3.63) is 90.0 Å². The van der Waals surface area contributed by atoms with Crippen molar-refractivity contribution in [1.82, 2.24) is 14.5 Å². The minimum atomic E-state index is -0.889. The minimum absolute atomic E-state index is 0.0135.